The highest BCUT2D eigenvalue weighted by molar-refractivity contribution is 6.18. The molecule has 1 rings (SSSR count). The van der Waals surface area contributed by atoms with Crippen LogP contribution in [0.4, 0.5) is 0 Å². The maximum atomic E-state index is 11.2. The number of halogens is 1. The fraction of sp³-hybridized carbons (Fsp3) is 0.556. The van der Waals surface area contributed by atoms with Crippen LogP contribution in [0.5, 0.6) is 0 Å². The van der Waals surface area contributed by atoms with Crippen molar-refractivity contribution in [2.24, 2.45) is 7.05 Å². The molecule has 0 saturated heterocycles. The summed E-state index contributed by atoms with van der Waals surface area (Å²) in [5, 5.41) is 0. The molecule has 13 heavy (non-hydrogen) atoms. The van der Waals surface area contributed by atoms with Crippen LogP contribution in [-0.4, -0.2) is 15.4 Å². The van der Waals surface area contributed by atoms with Crippen LogP contribution in [0.2, 0.25) is 0 Å². The first-order valence-corrected chi connectivity index (χ1v) is 4.70. The number of hydrogen-bond donors (Lipinski definition) is 0. The molecule has 1 aromatic rings. The van der Waals surface area contributed by atoms with Gasteiger partial charge in [-0.3, -0.25) is 4.57 Å². The van der Waals surface area contributed by atoms with Crippen LogP contribution in [0.1, 0.15) is 17.0 Å². The van der Waals surface area contributed by atoms with E-state index in [1.165, 1.54) is 0 Å². The summed E-state index contributed by atoms with van der Waals surface area (Å²) in [6.45, 7) is 3.76. The van der Waals surface area contributed by atoms with E-state index >= 15 is 0 Å². The average Bonchev–Trinajstić information content (AvgIpc) is 2.09. The van der Waals surface area contributed by atoms with Crippen molar-refractivity contribution < 1.29 is 0 Å². The van der Waals surface area contributed by atoms with Gasteiger partial charge in [0.05, 0.1) is 0 Å². The van der Waals surface area contributed by atoms with Crippen molar-refractivity contribution in [3.8, 4) is 0 Å². The lowest BCUT2D eigenvalue weighted by Gasteiger charge is -2.10. The Hall–Kier alpha value is -0.830. The molecule has 0 amide bonds. The second kappa shape index (κ2) is 3.92. The minimum absolute atomic E-state index is 0.201. The van der Waals surface area contributed by atoms with Gasteiger partial charge in [-0.1, -0.05) is 0 Å². The van der Waals surface area contributed by atoms with E-state index in [2.05, 4.69) is 4.98 Å². The van der Waals surface area contributed by atoms with Gasteiger partial charge in [-0.25, -0.2) is 4.79 Å². The van der Waals surface area contributed by atoms with E-state index in [1.807, 2.05) is 13.8 Å². The van der Waals surface area contributed by atoms with Crippen LogP contribution >= 0.6 is 11.6 Å². The second-order valence-corrected chi connectivity index (χ2v) is 3.42. The molecule has 0 aliphatic carbocycles. The molecule has 0 aromatic carbocycles. The third-order valence-electron chi connectivity index (χ3n) is 2.27. The van der Waals surface area contributed by atoms with E-state index in [0.29, 0.717) is 5.88 Å². The van der Waals surface area contributed by atoms with Crippen molar-refractivity contribution in [1.82, 2.24) is 9.55 Å². The Kier molecular flexibility index (Phi) is 3.09. The standard InChI is InChI=1S/C9H13ClN2O/c1-6-8(4-5-10)7(2)12(3)9(13)11-6/h4-5H2,1-3H3. The Morgan fingerprint density at radius 1 is 1.46 bits per heavy atom. The van der Waals surface area contributed by atoms with Crippen LogP contribution in [0.25, 0.3) is 0 Å². The van der Waals surface area contributed by atoms with Crippen molar-refractivity contribution >= 4 is 11.6 Å². The van der Waals surface area contributed by atoms with Crippen molar-refractivity contribution in [1.29, 1.82) is 0 Å². The number of aromatic nitrogens is 2. The van der Waals surface area contributed by atoms with Gasteiger partial charge in [0.1, 0.15) is 0 Å². The highest BCUT2D eigenvalue weighted by atomic mass is 35.5. The molecule has 0 bridgehead atoms. The van der Waals surface area contributed by atoms with Crippen LogP contribution in [0.3, 0.4) is 0 Å². The Labute approximate surface area is 82.4 Å². The van der Waals surface area contributed by atoms with E-state index in [-0.39, 0.29) is 5.69 Å². The number of alkyl halides is 1. The second-order valence-electron chi connectivity index (χ2n) is 3.04. The number of nitrogens with zero attached hydrogens (tertiary/aromatic N) is 2. The Morgan fingerprint density at radius 3 is 2.62 bits per heavy atom. The van der Waals surface area contributed by atoms with Crippen LogP contribution in [0.15, 0.2) is 4.79 Å². The van der Waals surface area contributed by atoms with Gasteiger partial charge in [0.15, 0.2) is 0 Å². The van der Waals surface area contributed by atoms with Crippen LogP contribution in [-0.2, 0) is 13.5 Å². The topological polar surface area (TPSA) is 34.9 Å². The maximum absolute atomic E-state index is 11.2. The van der Waals surface area contributed by atoms with Crippen molar-refractivity contribution in [3.63, 3.8) is 0 Å². The predicted molar refractivity (Wildman–Crippen MR) is 53.4 cm³/mol. The van der Waals surface area contributed by atoms with Gasteiger partial charge in [-0.15, -0.1) is 11.6 Å². The molecule has 0 saturated carbocycles. The summed E-state index contributed by atoms with van der Waals surface area (Å²) < 4.78 is 1.55. The van der Waals surface area contributed by atoms with Crippen molar-refractivity contribution in [3.05, 3.63) is 27.4 Å². The highest BCUT2D eigenvalue weighted by Crippen LogP contribution is 2.09. The molecular weight excluding hydrogens is 188 g/mol. The van der Waals surface area contributed by atoms with Crippen LogP contribution in [0, 0.1) is 13.8 Å². The van der Waals surface area contributed by atoms with Crippen molar-refractivity contribution in [2.75, 3.05) is 5.88 Å². The lowest BCUT2D eigenvalue weighted by atomic mass is 10.1. The summed E-state index contributed by atoms with van der Waals surface area (Å²) in [6.07, 6.45) is 0.764. The third kappa shape index (κ3) is 1.91. The SMILES string of the molecule is Cc1nc(=O)n(C)c(C)c1CCCl. The lowest BCUT2D eigenvalue weighted by Crippen LogP contribution is -2.25. The zero-order valence-corrected chi connectivity index (χ0v) is 8.85. The number of rotatable bonds is 2. The zero-order chi connectivity index (χ0) is 10.0. The van der Waals surface area contributed by atoms with Crippen LogP contribution < -0.4 is 5.69 Å². The minimum atomic E-state index is -0.201. The summed E-state index contributed by atoms with van der Waals surface area (Å²) in [7, 11) is 1.72. The first-order valence-electron chi connectivity index (χ1n) is 4.17. The molecule has 1 heterocycles. The molecule has 1 aromatic heterocycles. The van der Waals surface area contributed by atoms with Gasteiger partial charge >= 0.3 is 5.69 Å². The molecular formula is C9H13ClN2O. The zero-order valence-electron chi connectivity index (χ0n) is 8.09. The van der Waals surface area contributed by atoms with E-state index < -0.39 is 0 Å². The molecule has 3 nitrogen and oxygen atoms in total. The molecule has 0 aliphatic heterocycles. The van der Waals surface area contributed by atoms with Gasteiger partial charge in [0.2, 0.25) is 0 Å². The van der Waals surface area contributed by atoms with E-state index in [4.69, 9.17) is 11.6 Å². The summed E-state index contributed by atoms with van der Waals surface area (Å²) in [6, 6.07) is 0. The summed E-state index contributed by atoms with van der Waals surface area (Å²) in [4.78, 5) is 15.1. The Bertz CT molecular complexity index is 371. The van der Waals surface area contributed by atoms with E-state index in [9.17, 15) is 4.79 Å². The summed E-state index contributed by atoms with van der Waals surface area (Å²) in [5.74, 6) is 0.557. The molecule has 0 fully saturated rings. The lowest BCUT2D eigenvalue weighted by molar-refractivity contribution is 0.743. The number of hydrogen-bond acceptors (Lipinski definition) is 2. The molecule has 0 N–H and O–H groups in total. The van der Waals surface area contributed by atoms with Gasteiger partial charge in [-0.2, -0.15) is 4.98 Å². The fourth-order valence-corrected chi connectivity index (χ4v) is 1.54. The molecule has 0 unspecified atom stereocenters. The number of aryl methyl sites for hydroxylation is 1. The van der Waals surface area contributed by atoms with Gasteiger partial charge < -0.3 is 0 Å². The average molecular weight is 201 g/mol. The Morgan fingerprint density at radius 2 is 2.08 bits per heavy atom. The molecule has 4 heteroatoms. The van der Waals surface area contributed by atoms with Crippen molar-refractivity contribution in [2.45, 2.75) is 20.3 Å². The summed E-state index contributed by atoms with van der Waals surface area (Å²) >= 11 is 5.66. The van der Waals surface area contributed by atoms with E-state index in [0.717, 1.165) is 23.4 Å². The first-order chi connectivity index (χ1) is 6.07. The highest BCUT2D eigenvalue weighted by Gasteiger charge is 2.07. The molecule has 0 radical (unpaired) electrons. The first kappa shape index (κ1) is 10.3. The van der Waals surface area contributed by atoms with Gasteiger partial charge in [0, 0.05) is 24.3 Å². The smallest absolute Gasteiger partial charge is 0.299 e. The molecule has 72 valence electrons. The third-order valence-corrected chi connectivity index (χ3v) is 2.46. The quantitative estimate of drug-likeness (QED) is 0.672. The largest absolute Gasteiger partial charge is 0.347 e. The summed E-state index contributed by atoms with van der Waals surface area (Å²) in [5.41, 5.74) is 2.63. The normalized spacial score (nSPS) is 10.5. The molecule has 0 atom stereocenters. The van der Waals surface area contributed by atoms with Gasteiger partial charge in [0.25, 0.3) is 0 Å². The Balaban J connectivity index is 3.35. The predicted octanol–water partition coefficient (Wildman–Crippen LogP) is 1.18. The fourth-order valence-electron chi connectivity index (χ4n) is 1.35. The molecule has 0 aliphatic rings. The minimum Gasteiger partial charge on any atom is -0.299 e. The van der Waals surface area contributed by atoms with E-state index in [1.54, 1.807) is 11.6 Å². The monoisotopic (exact) mass is 200 g/mol. The maximum Gasteiger partial charge on any atom is 0.347 e. The van der Waals surface area contributed by atoms with Gasteiger partial charge in [-0.05, 0) is 25.8 Å². The molecule has 0 spiro atoms.